The molecule has 2 N–H and O–H groups in total. The van der Waals surface area contributed by atoms with Crippen molar-refractivity contribution in [1.82, 2.24) is 10.6 Å². The highest BCUT2D eigenvalue weighted by molar-refractivity contribution is 14.0. The van der Waals surface area contributed by atoms with E-state index in [0.717, 1.165) is 49.0 Å². The Kier molecular flexibility index (Phi) is 12.9. The molecule has 29 heavy (non-hydrogen) atoms. The van der Waals surface area contributed by atoms with Gasteiger partial charge in [0.2, 0.25) is 0 Å². The Hall–Kier alpha value is -2.00. The third-order valence-electron chi connectivity index (χ3n) is 4.05. The predicted molar refractivity (Wildman–Crippen MR) is 128 cm³/mol. The lowest BCUT2D eigenvalue weighted by atomic mass is 10.2. The summed E-state index contributed by atoms with van der Waals surface area (Å²) in [5.74, 6) is 2.23. The zero-order valence-corrected chi connectivity index (χ0v) is 19.8. The van der Waals surface area contributed by atoms with Gasteiger partial charge in [0.05, 0.1) is 13.7 Å². The van der Waals surface area contributed by atoms with Crippen LogP contribution in [-0.4, -0.2) is 39.9 Å². The monoisotopic (exact) mass is 513 g/mol. The highest BCUT2D eigenvalue weighted by Crippen LogP contribution is 2.29. The predicted octanol–water partition coefficient (Wildman–Crippen LogP) is 3.98. The van der Waals surface area contributed by atoms with Crippen LogP contribution in [0.15, 0.2) is 53.5 Å². The molecule has 0 saturated heterocycles. The molecule has 2 aromatic rings. The third-order valence-corrected chi connectivity index (χ3v) is 4.05. The summed E-state index contributed by atoms with van der Waals surface area (Å²) >= 11 is 0. The van der Waals surface area contributed by atoms with Crippen LogP contribution in [-0.2, 0) is 17.9 Å². The lowest BCUT2D eigenvalue weighted by Crippen LogP contribution is -2.38. The maximum atomic E-state index is 5.91. The third kappa shape index (κ3) is 9.36. The van der Waals surface area contributed by atoms with Gasteiger partial charge < -0.3 is 24.8 Å². The summed E-state index contributed by atoms with van der Waals surface area (Å²) in [6.07, 6.45) is 0.933. The molecule has 0 saturated carbocycles. The molecule has 6 nitrogen and oxygen atoms in total. The summed E-state index contributed by atoms with van der Waals surface area (Å²) in [6.45, 7) is 5.46. The van der Waals surface area contributed by atoms with E-state index in [1.165, 1.54) is 0 Å². The minimum absolute atomic E-state index is 0. The van der Waals surface area contributed by atoms with E-state index in [2.05, 4.69) is 15.6 Å². The fourth-order valence-electron chi connectivity index (χ4n) is 2.60. The van der Waals surface area contributed by atoms with Crippen LogP contribution in [0.3, 0.4) is 0 Å². The standard InChI is InChI=1S/C22H31N3O3.HI/c1-4-23-22(24-13-8-14-26-2)25-16-19-11-12-20(21(15-19)27-3)28-17-18-9-6-5-7-10-18;/h5-7,9-12,15H,4,8,13-14,16-17H2,1-3H3,(H2,23,24,25);1H. The van der Waals surface area contributed by atoms with E-state index in [1.807, 2.05) is 55.5 Å². The smallest absolute Gasteiger partial charge is 0.191 e. The summed E-state index contributed by atoms with van der Waals surface area (Å²) in [4.78, 5) is 4.64. The van der Waals surface area contributed by atoms with Crippen molar-refractivity contribution >= 4 is 29.9 Å². The number of nitrogens with one attached hydrogen (secondary N) is 2. The zero-order valence-electron chi connectivity index (χ0n) is 17.4. The van der Waals surface area contributed by atoms with Crippen molar-refractivity contribution in [2.75, 3.05) is 33.9 Å². The van der Waals surface area contributed by atoms with Gasteiger partial charge in [-0.2, -0.15) is 0 Å². The number of nitrogens with zero attached hydrogens (tertiary/aromatic N) is 1. The van der Waals surface area contributed by atoms with Crippen LogP contribution in [0.4, 0.5) is 0 Å². The largest absolute Gasteiger partial charge is 0.493 e. The first-order chi connectivity index (χ1) is 13.8. The molecule has 0 aliphatic rings. The van der Waals surface area contributed by atoms with Crippen molar-refractivity contribution in [3.05, 3.63) is 59.7 Å². The summed E-state index contributed by atoms with van der Waals surface area (Å²) in [5.41, 5.74) is 2.17. The molecule has 0 fully saturated rings. The molecule has 2 rings (SSSR count). The van der Waals surface area contributed by atoms with Crippen LogP contribution in [0.2, 0.25) is 0 Å². The SMILES string of the molecule is CCNC(=NCc1ccc(OCc2ccccc2)c(OC)c1)NCCCOC.I. The summed E-state index contributed by atoms with van der Waals surface area (Å²) in [6, 6.07) is 16.0. The second kappa shape index (κ2) is 14.9. The Morgan fingerprint density at radius 3 is 2.45 bits per heavy atom. The Balaban J connectivity index is 0.00000420. The molecule has 0 aliphatic heterocycles. The minimum atomic E-state index is 0. The van der Waals surface area contributed by atoms with E-state index in [-0.39, 0.29) is 24.0 Å². The second-order valence-electron chi connectivity index (χ2n) is 6.23. The number of aliphatic imine (C=N–C) groups is 1. The van der Waals surface area contributed by atoms with Gasteiger partial charge in [-0.05, 0) is 36.6 Å². The number of guanidine groups is 1. The summed E-state index contributed by atoms with van der Waals surface area (Å²) in [7, 11) is 3.36. The summed E-state index contributed by atoms with van der Waals surface area (Å²) in [5, 5.41) is 6.56. The van der Waals surface area contributed by atoms with Gasteiger partial charge in [0, 0.05) is 26.8 Å². The molecule has 0 heterocycles. The molecule has 0 aliphatic carbocycles. The molecule has 0 bridgehead atoms. The molecule has 7 heteroatoms. The van der Waals surface area contributed by atoms with Gasteiger partial charge >= 0.3 is 0 Å². The van der Waals surface area contributed by atoms with Gasteiger partial charge in [0.1, 0.15) is 6.61 Å². The van der Waals surface area contributed by atoms with Gasteiger partial charge in [-0.25, -0.2) is 4.99 Å². The van der Waals surface area contributed by atoms with Gasteiger partial charge in [-0.15, -0.1) is 24.0 Å². The number of benzene rings is 2. The molecular formula is C22H32IN3O3. The fraction of sp³-hybridized carbons (Fsp3) is 0.409. The number of hydrogen-bond acceptors (Lipinski definition) is 4. The average Bonchev–Trinajstić information content (AvgIpc) is 2.74. The quantitative estimate of drug-likeness (QED) is 0.206. The van der Waals surface area contributed by atoms with Crippen LogP contribution in [0, 0.1) is 0 Å². The normalized spacial score (nSPS) is 10.8. The van der Waals surface area contributed by atoms with Crippen LogP contribution >= 0.6 is 24.0 Å². The molecular weight excluding hydrogens is 481 g/mol. The second-order valence-corrected chi connectivity index (χ2v) is 6.23. The highest BCUT2D eigenvalue weighted by Gasteiger charge is 2.07. The fourth-order valence-corrected chi connectivity index (χ4v) is 2.60. The first-order valence-corrected chi connectivity index (χ1v) is 9.61. The van der Waals surface area contributed by atoms with Crippen LogP contribution in [0.25, 0.3) is 0 Å². The number of methoxy groups -OCH3 is 2. The van der Waals surface area contributed by atoms with Crippen molar-refractivity contribution in [3.8, 4) is 11.5 Å². The average molecular weight is 513 g/mol. The van der Waals surface area contributed by atoms with E-state index in [1.54, 1.807) is 14.2 Å². The molecule has 0 unspecified atom stereocenters. The van der Waals surface area contributed by atoms with Crippen molar-refractivity contribution in [1.29, 1.82) is 0 Å². The van der Waals surface area contributed by atoms with Gasteiger partial charge in [-0.3, -0.25) is 0 Å². The molecule has 0 amide bonds. The van der Waals surface area contributed by atoms with Crippen LogP contribution < -0.4 is 20.1 Å². The Morgan fingerprint density at radius 2 is 1.76 bits per heavy atom. The topological polar surface area (TPSA) is 64.1 Å². The number of hydrogen-bond donors (Lipinski definition) is 2. The highest BCUT2D eigenvalue weighted by atomic mass is 127. The Bertz CT molecular complexity index is 726. The maximum Gasteiger partial charge on any atom is 0.191 e. The van der Waals surface area contributed by atoms with E-state index in [9.17, 15) is 0 Å². The lowest BCUT2D eigenvalue weighted by molar-refractivity contribution is 0.195. The van der Waals surface area contributed by atoms with Crippen LogP contribution in [0.5, 0.6) is 11.5 Å². The Morgan fingerprint density at radius 1 is 0.966 bits per heavy atom. The van der Waals surface area contributed by atoms with Gasteiger partial charge in [0.25, 0.3) is 0 Å². The van der Waals surface area contributed by atoms with E-state index in [4.69, 9.17) is 14.2 Å². The summed E-state index contributed by atoms with van der Waals surface area (Å²) < 4.78 is 16.5. The zero-order chi connectivity index (χ0) is 20.0. The van der Waals surface area contributed by atoms with Crippen LogP contribution in [0.1, 0.15) is 24.5 Å². The molecule has 0 radical (unpaired) electrons. The van der Waals surface area contributed by atoms with Crippen molar-refractivity contribution < 1.29 is 14.2 Å². The molecule has 2 aromatic carbocycles. The van der Waals surface area contributed by atoms with E-state index >= 15 is 0 Å². The van der Waals surface area contributed by atoms with Gasteiger partial charge in [0.15, 0.2) is 17.5 Å². The lowest BCUT2D eigenvalue weighted by Gasteiger charge is -2.13. The van der Waals surface area contributed by atoms with Crippen molar-refractivity contribution in [3.63, 3.8) is 0 Å². The molecule has 160 valence electrons. The Labute approximate surface area is 191 Å². The first-order valence-electron chi connectivity index (χ1n) is 9.61. The molecule has 0 aromatic heterocycles. The number of ether oxygens (including phenoxy) is 3. The maximum absolute atomic E-state index is 5.91. The van der Waals surface area contributed by atoms with E-state index < -0.39 is 0 Å². The van der Waals surface area contributed by atoms with Crippen molar-refractivity contribution in [2.45, 2.75) is 26.5 Å². The van der Waals surface area contributed by atoms with Crippen molar-refractivity contribution in [2.24, 2.45) is 4.99 Å². The first kappa shape index (κ1) is 25.0. The number of rotatable bonds is 11. The van der Waals surface area contributed by atoms with Gasteiger partial charge in [-0.1, -0.05) is 36.4 Å². The molecule has 0 spiro atoms. The molecule has 0 atom stereocenters. The minimum Gasteiger partial charge on any atom is -0.493 e. The van der Waals surface area contributed by atoms with E-state index in [0.29, 0.717) is 18.9 Å². The number of halogens is 1.